The molecule has 1 aromatic heterocycles. The number of ether oxygens (including phenoxy) is 3. The van der Waals surface area contributed by atoms with Crippen molar-refractivity contribution in [2.75, 3.05) is 26.2 Å². The zero-order chi connectivity index (χ0) is 28.8. The number of hydrogen-bond donors (Lipinski definition) is 1. The van der Waals surface area contributed by atoms with Gasteiger partial charge in [-0.3, -0.25) is 9.78 Å². The third-order valence-corrected chi connectivity index (χ3v) is 7.99. The van der Waals surface area contributed by atoms with Crippen LogP contribution in [0, 0.1) is 19.3 Å². The van der Waals surface area contributed by atoms with Crippen LogP contribution in [0.1, 0.15) is 59.5 Å². The van der Waals surface area contributed by atoms with Crippen LogP contribution in [0.15, 0.2) is 60.7 Å². The number of esters is 1. The number of carbonyl (C=O) groups is 2. The standard InChI is InChI=1S/C33H39N3O5/c1-4-39-31(37)33(13-15-34-16-14-33)30(27-18-23(2)35-24(3)19-27)41-29-11-10-26-12-17-36(21-28(26)20-29)32(38)40-22-25-8-6-5-7-9-25/h5-11,18-20,30,34H,4,12-17,21-22H2,1-3H3. The maximum atomic E-state index is 13.6. The fraction of sp³-hybridized carbons (Fsp3) is 0.424. The molecular weight excluding hydrogens is 518 g/mol. The minimum absolute atomic E-state index is 0.232. The summed E-state index contributed by atoms with van der Waals surface area (Å²) in [6.07, 6.45) is 1.05. The molecule has 0 bridgehead atoms. The Morgan fingerprint density at radius 2 is 1.71 bits per heavy atom. The number of amides is 1. The Labute approximate surface area is 242 Å². The highest BCUT2D eigenvalue weighted by molar-refractivity contribution is 5.78. The Morgan fingerprint density at radius 1 is 0.976 bits per heavy atom. The van der Waals surface area contributed by atoms with Gasteiger partial charge in [-0.05, 0) is 99.6 Å². The molecule has 8 heteroatoms. The fourth-order valence-electron chi connectivity index (χ4n) is 5.95. The number of aromatic nitrogens is 1. The van der Waals surface area contributed by atoms with Crippen molar-refractivity contribution >= 4 is 12.1 Å². The molecule has 0 spiro atoms. The Bertz CT molecular complexity index is 1350. The monoisotopic (exact) mass is 557 g/mol. The maximum absolute atomic E-state index is 13.6. The lowest BCUT2D eigenvalue weighted by Gasteiger charge is -2.41. The highest BCUT2D eigenvalue weighted by Crippen LogP contribution is 2.46. The van der Waals surface area contributed by atoms with Gasteiger partial charge in [-0.25, -0.2) is 4.79 Å². The Balaban J connectivity index is 1.41. The minimum atomic E-state index is -0.843. The van der Waals surface area contributed by atoms with Gasteiger partial charge in [0, 0.05) is 24.5 Å². The summed E-state index contributed by atoms with van der Waals surface area (Å²) >= 11 is 0. The molecule has 3 heterocycles. The molecule has 2 aliphatic heterocycles. The summed E-state index contributed by atoms with van der Waals surface area (Å²) in [7, 11) is 0. The maximum Gasteiger partial charge on any atom is 0.410 e. The van der Waals surface area contributed by atoms with Crippen LogP contribution in [0.2, 0.25) is 0 Å². The number of benzene rings is 2. The van der Waals surface area contributed by atoms with Crippen molar-refractivity contribution in [2.24, 2.45) is 5.41 Å². The molecule has 1 unspecified atom stereocenters. The third kappa shape index (κ3) is 6.54. The molecule has 1 fully saturated rings. The van der Waals surface area contributed by atoms with Crippen molar-refractivity contribution < 1.29 is 23.8 Å². The van der Waals surface area contributed by atoms with Crippen LogP contribution < -0.4 is 10.1 Å². The van der Waals surface area contributed by atoms with Crippen molar-refractivity contribution in [3.63, 3.8) is 0 Å². The molecule has 0 aliphatic carbocycles. The summed E-state index contributed by atoms with van der Waals surface area (Å²) in [5, 5.41) is 3.38. The predicted molar refractivity (Wildman–Crippen MR) is 155 cm³/mol. The van der Waals surface area contributed by atoms with Crippen molar-refractivity contribution in [2.45, 2.75) is 59.3 Å². The predicted octanol–water partition coefficient (Wildman–Crippen LogP) is 5.45. The quantitative estimate of drug-likeness (QED) is 0.369. The summed E-state index contributed by atoms with van der Waals surface area (Å²) in [4.78, 5) is 32.8. The van der Waals surface area contributed by atoms with Gasteiger partial charge in [-0.2, -0.15) is 0 Å². The van der Waals surface area contributed by atoms with E-state index >= 15 is 0 Å². The molecule has 41 heavy (non-hydrogen) atoms. The molecule has 1 amide bonds. The van der Waals surface area contributed by atoms with Crippen LogP contribution in [-0.2, 0) is 33.8 Å². The van der Waals surface area contributed by atoms with Gasteiger partial charge in [-0.15, -0.1) is 0 Å². The van der Waals surface area contributed by atoms with Gasteiger partial charge in [-0.1, -0.05) is 36.4 Å². The summed E-state index contributed by atoms with van der Waals surface area (Å²) < 4.78 is 18.0. The number of nitrogens with zero attached hydrogens (tertiary/aromatic N) is 2. The van der Waals surface area contributed by atoms with Crippen LogP contribution >= 0.6 is 0 Å². The SMILES string of the molecule is CCOC(=O)C1(C(Oc2ccc3c(c2)CN(C(=O)OCc2ccccc2)CC3)c2cc(C)nc(C)c2)CCNCC1. The first-order valence-electron chi connectivity index (χ1n) is 14.4. The van der Waals surface area contributed by atoms with Crippen molar-refractivity contribution in [3.05, 3.63) is 94.3 Å². The summed E-state index contributed by atoms with van der Waals surface area (Å²) in [6.45, 7) is 8.73. The van der Waals surface area contributed by atoms with E-state index < -0.39 is 11.5 Å². The van der Waals surface area contributed by atoms with E-state index in [9.17, 15) is 9.59 Å². The minimum Gasteiger partial charge on any atom is -0.485 e. The number of carbonyl (C=O) groups excluding carboxylic acids is 2. The lowest BCUT2D eigenvalue weighted by molar-refractivity contribution is -0.165. The highest BCUT2D eigenvalue weighted by Gasteiger charge is 2.50. The number of hydrogen-bond acceptors (Lipinski definition) is 7. The molecule has 0 radical (unpaired) electrons. The van der Waals surface area contributed by atoms with E-state index in [-0.39, 0.29) is 18.7 Å². The van der Waals surface area contributed by atoms with Crippen molar-refractivity contribution in [1.82, 2.24) is 15.2 Å². The van der Waals surface area contributed by atoms with Crippen LogP contribution in [0.25, 0.3) is 0 Å². The smallest absolute Gasteiger partial charge is 0.410 e. The zero-order valence-electron chi connectivity index (χ0n) is 24.2. The molecule has 1 atom stereocenters. The highest BCUT2D eigenvalue weighted by atomic mass is 16.6. The number of rotatable bonds is 8. The second-order valence-corrected chi connectivity index (χ2v) is 10.9. The Kier molecular flexibility index (Phi) is 8.88. The molecule has 1 N–H and O–H groups in total. The van der Waals surface area contributed by atoms with Crippen LogP contribution in [0.3, 0.4) is 0 Å². The number of pyridine rings is 1. The first-order valence-corrected chi connectivity index (χ1v) is 14.4. The van der Waals surface area contributed by atoms with E-state index in [2.05, 4.69) is 16.4 Å². The molecule has 1 saturated heterocycles. The van der Waals surface area contributed by atoms with Crippen LogP contribution in [0.5, 0.6) is 5.75 Å². The zero-order valence-corrected chi connectivity index (χ0v) is 24.2. The molecular formula is C33H39N3O5. The molecule has 216 valence electrons. The second kappa shape index (κ2) is 12.7. The van der Waals surface area contributed by atoms with E-state index in [0.29, 0.717) is 51.4 Å². The normalized spacial score (nSPS) is 16.8. The Morgan fingerprint density at radius 3 is 2.41 bits per heavy atom. The average Bonchev–Trinajstić information content (AvgIpc) is 2.98. The van der Waals surface area contributed by atoms with Gasteiger partial charge in [0.2, 0.25) is 0 Å². The first kappa shape index (κ1) is 28.6. The number of piperidine rings is 1. The summed E-state index contributed by atoms with van der Waals surface area (Å²) in [6, 6.07) is 19.7. The van der Waals surface area contributed by atoms with E-state index in [1.165, 1.54) is 5.56 Å². The molecule has 3 aromatic rings. The topological polar surface area (TPSA) is 90.0 Å². The Hall–Kier alpha value is -3.91. The molecule has 5 rings (SSSR count). The molecule has 8 nitrogen and oxygen atoms in total. The average molecular weight is 558 g/mol. The largest absolute Gasteiger partial charge is 0.485 e. The van der Waals surface area contributed by atoms with Crippen LogP contribution in [-0.4, -0.2) is 48.2 Å². The number of fused-ring (bicyclic) bond motifs is 1. The van der Waals surface area contributed by atoms with E-state index in [4.69, 9.17) is 14.2 Å². The molecule has 0 saturated carbocycles. The summed E-state index contributed by atoms with van der Waals surface area (Å²) in [5.74, 6) is 0.423. The molecule has 2 aromatic carbocycles. The first-order chi connectivity index (χ1) is 19.9. The summed E-state index contributed by atoms with van der Waals surface area (Å²) in [5.41, 5.74) is 4.96. The van der Waals surface area contributed by atoms with Gasteiger partial charge >= 0.3 is 12.1 Å². The van der Waals surface area contributed by atoms with Gasteiger partial charge in [0.1, 0.15) is 23.9 Å². The fourth-order valence-corrected chi connectivity index (χ4v) is 5.95. The van der Waals surface area contributed by atoms with E-state index in [1.807, 2.05) is 75.4 Å². The lowest BCUT2D eigenvalue weighted by Crippen LogP contribution is -2.48. The van der Waals surface area contributed by atoms with Crippen molar-refractivity contribution in [1.29, 1.82) is 0 Å². The van der Waals surface area contributed by atoms with Gasteiger partial charge in [0.05, 0.1) is 6.61 Å². The van der Waals surface area contributed by atoms with Crippen LogP contribution in [0.4, 0.5) is 4.79 Å². The van der Waals surface area contributed by atoms with Gasteiger partial charge in [0.15, 0.2) is 0 Å². The van der Waals surface area contributed by atoms with Crippen molar-refractivity contribution in [3.8, 4) is 5.75 Å². The van der Waals surface area contributed by atoms with E-state index in [0.717, 1.165) is 34.5 Å². The lowest BCUT2D eigenvalue weighted by atomic mass is 9.71. The van der Waals surface area contributed by atoms with Gasteiger partial charge in [0.25, 0.3) is 0 Å². The second-order valence-electron chi connectivity index (χ2n) is 10.9. The van der Waals surface area contributed by atoms with E-state index in [1.54, 1.807) is 4.90 Å². The number of aryl methyl sites for hydroxylation is 2. The number of nitrogens with one attached hydrogen (secondary N) is 1. The third-order valence-electron chi connectivity index (χ3n) is 7.99. The van der Waals surface area contributed by atoms with Gasteiger partial charge < -0.3 is 24.4 Å². The molecule has 2 aliphatic rings.